The normalized spacial score (nSPS) is 15.2. The summed E-state index contributed by atoms with van der Waals surface area (Å²) >= 11 is 0. The lowest BCUT2D eigenvalue weighted by Gasteiger charge is -2.21. The third-order valence-electron chi connectivity index (χ3n) is 5.62. The number of H-pyrrole nitrogens is 2. The molecule has 148 valence electrons. The minimum Gasteiger partial charge on any atom is -0.381 e. The molecule has 1 fully saturated rings. The maximum Gasteiger partial charge on any atom is 0.327 e. The van der Waals surface area contributed by atoms with E-state index in [2.05, 4.69) is 25.1 Å². The number of hydrogen-bond acceptors (Lipinski definition) is 5. The molecule has 0 spiro atoms. The van der Waals surface area contributed by atoms with E-state index in [4.69, 9.17) is 4.74 Å². The lowest BCUT2D eigenvalue weighted by molar-refractivity contribution is 0.0626. The number of hydrogen-bond donors (Lipinski definition) is 2. The second kappa shape index (κ2) is 7.63. The van der Waals surface area contributed by atoms with Crippen LogP contribution < -0.4 is 5.69 Å². The fourth-order valence-electron chi connectivity index (χ4n) is 3.92. The number of imidazole rings is 1. The first kappa shape index (κ1) is 17.8. The van der Waals surface area contributed by atoms with Gasteiger partial charge in [-0.25, -0.2) is 14.8 Å². The van der Waals surface area contributed by atoms with Crippen LogP contribution in [0.15, 0.2) is 47.7 Å². The summed E-state index contributed by atoms with van der Waals surface area (Å²) in [5.74, 6) is 1.28. The lowest BCUT2D eigenvalue weighted by Crippen LogP contribution is -2.21. The number of pyridine rings is 1. The largest absolute Gasteiger partial charge is 0.381 e. The predicted molar refractivity (Wildman–Crippen MR) is 109 cm³/mol. The Hall–Kier alpha value is -3.26. The van der Waals surface area contributed by atoms with Gasteiger partial charge in [-0.1, -0.05) is 24.3 Å². The van der Waals surface area contributed by atoms with Crippen LogP contribution in [0.1, 0.15) is 19.3 Å². The highest BCUT2D eigenvalue weighted by molar-refractivity contribution is 5.78. The van der Waals surface area contributed by atoms with Crippen molar-refractivity contribution >= 4 is 11.2 Å². The van der Waals surface area contributed by atoms with E-state index in [0.29, 0.717) is 23.9 Å². The van der Waals surface area contributed by atoms with Crippen LogP contribution in [0, 0.1) is 5.92 Å². The van der Waals surface area contributed by atoms with E-state index in [0.717, 1.165) is 54.7 Å². The summed E-state index contributed by atoms with van der Waals surface area (Å²) in [6.45, 7) is 2.34. The molecule has 2 N–H and O–H groups in total. The minimum atomic E-state index is -0.100. The molecule has 1 aromatic carbocycles. The zero-order valence-electron chi connectivity index (χ0n) is 16.0. The smallest absolute Gasteiger partial charge is 0.327 e. The molecule has 3 aromatic heterocycles. The monoisotopic (exact) mass is 390 g/mol. The Kier molecular flexibility index (Phi) is 4.69. The van der Waals surface area contributed by atoms with E-state index in [1.54, 1.807) is 12.5 Å². The summed E-state index contributed by atoms with van der Waals surface area (Å²) in [7, 11) is 0. The number of aromatic amines is 2. The van der Waals surface area contributed by atoms with E-state index in [1.165, 1.54) is 0 Å². The van der Waals surface area contributed by atoms with E-state index < -0.39 is 0 Å². The van der Waals surface area contributed by atoms with Gasteiger partial charge in [-0.3, -0.25) is 14.6 Å². The van der Waals surface area contributed by atoms with Crippen LogP contribution in [0.4, 0.5) is 0 Å². The molecule has 1 saturated heterocycles. The van der Waals surface area contributed by atoms with Crippen LogP contribution in [0.2, 0.25) is 0 Å². The molecule has 8 heteroatoms. The highest BCUT2D eigenvalue weighted by atomic mass is 16.5. The molecule has 0 amide bonds. The van der Waals surface area contributed by atoms with Gasteiger partial charge in [0.15, 0.2) is 11.5 Å². The van der Waals surface area contributed by atoms with Crippen LogP contribution >= 0.6 is 0 Å². The second-order valence-electron chi connectivity index (χ2n) is 7.42. The minimum absolute atomic E-state index is 0.100. The van der Waals surface area contributed by atoms with Crippen molar-refractivity contribution in [1.29, 1.82) is 0 Å². The molecule has 0 saturated carbocycles. The molecular weight excluding hydrogens is 368 g/mol. The van der Waals surface area contributed by atoms with Crippen LogP contribution in [-0.4, -0.2) is 42.9 Å². The highest BCUT2D eigenvalue weighted by Crippen LogP contribution is 2.25. The Bertz CT molecular complexity index is 1150. The zero-order chi connectivity index (χ0) is 19.6. The maximum absolute atomic E-state index is 12.5. The van der Waals surface area contributed by atoms with Gasteiger partial charge in [0, 0.05) is 37.1 Å². The van der Waals surface area contributed by atoms with Gasteiger partial charge in [-0.05, 0) is 36.8 Å². The first-order valence-electron chi connectivity index (χ1n) is 9.91. The standard InChI is InChI=1S/C21H22N6O2/c28-21-25-20-18(27(21)8-5-14-6-9-29-10-7-14)11-17(12-22-20)15-1-3-16(4-2-15)19-23-13-24-26-19/h1-4,11-14H,5-10H2,(H,22,25,28)(H,23,24,26). The first-order chi connectivity index (χ1) is 14.3. The molecule has 1 aliphatic rings. The number of aromatic nitrogens is 6. The van der Waals surface area contributed by atoms with Gasteiger partial charge in [-0.15, -0.1) is 0 Å². The van der Waals surface area contributed by atoms with Crippen LogP contribution in [0.3, 0.4) is 0 Å². The Labute approximate surface area is 167 Å². The molecule has 29 heavy (non-hydrogen) atoms. The topological polar surface area (TPSA) is 101 Å². The molecule has 0 unspecified atom stereocenters. The van der Waals surface area contributed by atoms with Crippen molar-refractivity contribution in [3.05, 3.63) is 53.3 Å². The number of benzene rings is 1. The molecule has 0 bridgehead atoms. The van der Waals surface area contributed by atoms with Gasteiger partial charge in [-0.2, -0.15) is 5.10 Å². The maximum atomic E-state index is 12.5. The van der Waals surface area contributed by atoms with E-state index in [9.17, 15) is 4.79 Å². The van der Waals surface area contributed by atoms with E-state index in [-0.39, 0.29) is 5.69 Å². The molecule has 0 atom stereocenters. The summed E-state index contributed by atoms with van der Waals surface area (Å²) in [4.78, 5) is 24.0. The van der Waals surface area contributed by atoms with Crippen LogP contribution in [-0.2, 0) is 11.3 Å². The van der Waals surface area contributed by atoms with Gasteiger partial charge in [0.2, 0.25) is 0 Å². The number of aryl methyl sites for hydroxylation is 1. The first-order valence-corrected chi connectivity index (χ1v) is 9.91. The molecule has 1 aliphatic heterocycles. The number of nitrogens with one attached hydrogen (secondary N) is 2. The Morgan fingerprint density at radius 2 is 1.86 bits per heavy atom. The second-order valence-corrected chi connectivity index (χ2v) is 7.42. The van der Waals surface area contributed by atoms with E-state index in [1.807, 2.05) is 34.9 Å². The average molecular weight is 390 g/mol. The summed E-state index contributed by atoms with van der Waals surface area (Å²) < 4.78 is 7.24. The van der Waals surface area contributed by atoms with Crippen molar-refractivity contribution in [2.24, 2.45) is 5.92 Å². The SMILES string of the molecule is O=c1[nH]c2ncc(-c3ccc(-c4nc[nH]n4)cc3)cc2n1CCC1CCOCC1. The van der Waals surface area contributed by atoms with Gasteiger partial charge in [0.25, 0.3) is 0 Å². The summed E-state index contributed by atoms with van der Waals surface area (Å²) in [6.07, 6.45) is 6.47. The Morgan fingerprint density at radius 3 is 2.62 bits per heavy atom. The van der Waals surface area contributed by atoms with Gasteiger partial charge in [0.1, 0.15) is 6.33 Å². The Balaban J connectivity index is 1.42. The Morgan fingerprint density at radius 1 is 1.07 bits per heavy atom. The quantitative estimate of drug-likeness (QED) is 0.545. The molecular formula is C21H22N6O2. The fraction of sp³-hybridized carbons (Fsp3) is 0.333. The number of rotatable bonds is 5. The molecule has 5 rings (SSSR count). The molecule has 0 radical (unpaired) electrons. The third-order valence-corrected chi connectivity index (χ3v) is 5.62. The predicted octanol–water partition coefficient (Wildman–Crippen LogP) is 2.99. The third kappa shape index (κ3) is 3.58. The molecule has 0 aliphatic carbocycles. The van der Waals surface area contributed by atoms with Gasteiger partial charge >= 0.3 is 5.69 Å². The van der Waals surface area contributed by atoms with Crippen LogP contribution in [0.5, 0.6) is 0 Å². The van der Waals surface area contributed by atoms with Crippen molar-refractivity contribution in [2.75, 3.05) is 13.2 Å². The van der Waals surface area contributed by atoms with E-state index >= 15 is 0 Å². The fourth-order valence-corrected chi connectivity index (χ4v) is 3.92. The van der Waals surface area contributed by atoms with Crippen molar-refractivity contribution in [2.45, 2.75) is 25.8 Å². The van der Waals surface area contributed by atoms with Gasteiger partial charge < -0.3 is 4.74 Å². The van der Waals surface area contributed by atoms with Crippen molar-refractivity contribution in [3.8, 4) is 22.5 Å². The highest BCUT2D eigenvalue weighted by Gasteiger charge is 2.16. The lowest BCUT2D eigenvalue weighted by atomic mass is 9.96. The number of fused-ring (bicyclic) bond motifs is 1. The zero-order valence-corrected chi connectivity index (χ0v) is 16.0. The molecule has 8 nitrogen and oxygen atoms in total. The molecule has 4 heterocycles. The van der Waals surface area contributed by atoms with Gasteiger partial charge in [0.05, 0.1) is 5.52 Å². The number of ether oxygens (including phenoxy) is 1. The van der Waals surface area contributed by atoms with Crippen molar-refractivity contribution in [3.63, 3.8) is 0 Å². The summed E-state index contributed by atoms with van der Waals surface area (Å²) in [5, 5.41) is 6.83. The average Bonchev–Trinajstić information content (AvgIpc) is 3.40. The van der Waals surface area contributed by atoms with Crippen LogP contribution in [0.25, 0.3) is 33.7 Å². The summed E-state index contributed by atoms with van der Waals surface area (Å²) in [5.41, 5.74) is 4.32. The van der Waals surface area contributed by atoms with Crippen molar-refractivity contribution < 1.29 is 4.74 Å². The summed E-state index contributed by atoms with van der Waals surface area (Å²) in [6, 6.07) is 10.0. The molecule has 4 aromatic rings. The van der Waals surface area contributed by atoms with Crippen molar-refractivity contribution in [1.82, 2.24) is 29.7 Å². The number of nitrogens with zero attached hydrogens (tertiary/aromatic N) is 4.